The van der Waals surface area contributed by atoms with Crippen molar-refractivity contribution in [3.63, 3.8) is 0 Å². The van der Waals surface area contributed by atoms with Gasteiger partial charge < -0.3 is 14.4 Å². The number of imidazole rings is 1. The first-order valence-electron chi connectivity index (χ1n) is 8.98. The minimum atomic E-state index is 0.152. The quantitative estimate of drug-likeness (QED) is 0.821. The number of amides is 1. The van der Waals surface area contributed by atoms with Gasteiger partial charge >= 0.3 is 0 Å². The summed E-state index contributed by atoms with van der Waals surface area (Å²) in [5.41, 5.74) is 0.865. The highest BCUT2D eigenvalue weighted by molar-refractivity contribution is 7.13. The van der Waals surface area contributed by atoms with Crippen molar-refractivity contribution >= 4 is 17.2 Å². The lowest BCUT2D eigenvalue weighted by atomic mass is 10.3. The molecule has 0 bridgehead atoms. The second-order valence-corrected chi connectivity index (χ2v) is 7.86. The molecule has 0 aromatic carbocycles. The Morgan fingerprint density at radius 2 is 2.00 bits per heavy atom. The van der Waals surface area contributed by atoms with Gasteiger partial charge in [-0.2, -0.15) is 0 Å². The number of nitrogens with zero attached hydrogens (tertiary/aromatic N) is 5. The fourth-order valence-corrected chi connectivity index (χ4v) is 4.26. The van der Waals surface area contributed by atoms with Crippen LogP contribution in [-0.4, -0.2) is 63.0 Å². The van der Waals surface area contributed by atoms with Crippen LogP contribution < -0.4 is 0 Å². The van der Waals surface area contributed by atoms with Gasteiger partial charge in [-0.1, -0.05) is 0 Å². The van der Waals surface area contributed by atoms with Crippen LogP contribution in [0.1, 0.15) is 39.0 Å². The van der Waals surface area contributed by atoms with Gasteiger partial charge in [0.15, 0.2) is 0 Å². The lowest BCUT2D eigenvalue weighted by molar-refractivity contribution is 0.0765. The Kier molecular flexibility index (Phi) is 5.86. The topological polar surface area (TPSA) is 54.3 Å². The molecule has 136 valence electrons. The lowest BCUT2D eigenvalue weighted by Gasteiger charge is -2.22. The Morgan fingerprint density at radius 3 is 2.68 bits per heavy atom. The molecule has 0 saturated carbocycles. The number of carbonyl (C=O) groups is 1. The average Bonchev–Trinajstić information content (AvgIpc) is 3.04. The van der Waals surface area contributed by atoms with Crippen molar-refractivity contribution in [3.05, 3.63) is 33.8 Å². The van der Waals surface area contributed by atoms with Gasteiger partial charge in [-0.05, 0) is 46.7 Å². The van der Waals surface area contributed by atoms with Gasteiger partial charge in [-0.3, -0.25) is 4.79 Å². The molecule has 1 fully saturated rings. The molecule has 2 aromatic heterocycles. The molecule has 1 saturated heterocycles. The van der Waals surface area contributed by atoms with E-state index < -0.39 is 0 Å². The molecule has 2 aromatic rings. The molecule has 25 heavy (non-hydrogen) atoms. The van der Waals surface area contributed by atoms with Crippen LogP contribution in [0.4, 0.5) is 0 Å². The molecule has 7 heteroatoms. The van der Waals surface area contributed by atoms with E-state index in [0.717, 1.165) is 73.5 Å². The molecule has 0 aliphatic carbocycles. The highest BCUT2D eigenvalue weighted by Crippen LogP contribution is 2.20. The second-order valence-electron chi connectivity index (χ2n) is 6.66. The van der Waals surface area contributed by atoms with E-state index in [2.05, 4.69) is 19.4 Å². The van der Waals surface area contributed by atoms with Gasteiger partial charge in [0.1, 0.15) is 10.7 Å². The van der Waals surface area contributed by atoms with E-state index in [4.69, 9.17) is 0 Å². The summed E-state index contributed by atoms with van der Waals surface area (Å²) in [6.07, 6.45) is 6.04. The third-order valence-electron chi connectivity index (χ3n) is 4.77. The van der Waals surface area contributed by atoms with Crippen LogP contribution in [0.5, 0.6) is 0 Å². The second kappa shape index (κ2) is 8.10. The molecule has 0 unspecified atom stereocenters. The smallest absolute Gasteiger partial charge is 0.265 e. The largest absolute Gasteiger partial charge is 0.337 e. The zero-order valence-corrected chi connectivity index (χ0v) is 16.2. The summed E-state index contributed by atoms with van der Waals surface area (Å²) in [4.78, 5) is 26.7. The van der Waals surface area contributed by atoms with E-state index in [0.29, 0.717) is 0 Å². The number of hydrogen-bond donors (Lipinski definition) is 0. The number of thiazole rings is 1. The first-order chi connectivity index (χ1) is 12.0. The summed E-state index contributed by atoms with van der Waals surface area (Å²) in [7, 11) is 0. The summed E-state index contributed by atoms with van der Waals surface area (Å²) in [5, 5.41) is 0.965. The molecule has 0 radical (unpaired) electrons. The first-order valence-corrected chi connectivity index (χ1v) is 9.79. The summed E-state index contributed by atoms with van der Waals surface area (Å²) in [5.74, 6) is 1.22. The summed E-state index contributed by atoms with van der Waals surface area (Å²) >= 11 is 1.51. The minimum absolute atomic E-state index is 0.152. The van der Waals surface area contributed by atoms with Crippen molar-refractivity contribution < 1.29 is 4.79 Å². The molecule has 0 atom stereocenters. The molecular weight excluding hydrogens is 334 g/mol. The van der Waals surface area contributed by atoms with Gasteiger partial charge in [0, 0.05) is 38.6 Å². The van der Waals surface area contributed by atoms with Crippen molar-refractivity contribution in [2.75, 3.05) is 32.7 Å². The lowest BCUT2D eigenvalue weighted by Crippen LogP contribution is -2.35. The van der Waals surface area contributed by atoms with Crippen LogP contribution in [0.2, 0.25) is 0 Å². The van der Waals surface area contributed by atoms with Crippen LogP contribution in [0, 0.1) is 20.8 Å². The van der Waals surface area contributed by atoms with Crippen molar-refractivity contribution in [2.45, 2.75) is 40.2 Å². The Hall–Kier alpha value is -1.73. The predicted octanol–water partition coefficient (Wildman–Crippen LogP) is 2.50. The van der Waals surface area contributed by atoms with Gasteiger partial charge in [-0.15, -0.1) is 11.3 Å². The zero-order chi connectivity index (χ0) is 17.8. The molecule has 1 aliphatic rings. The third-order valence-corrected chi connectivity index (χ3v) is 5.83. The third kappa shape index (κ3) is 4.46. The fourth-order valence-electron chi connectivity index (χ4n) is 3.38. The van der Waals surface area contributed by atoms with E-state index in [1.807, 2.05) is 38.1 Å². The maximum atomic E-state index is 12.8. The van der Waals surface area contributed by atoms with Crippen LogP contribution in [0.25, 0.3) is 0 Å². The Labute approximate surface area is 153 Å². The summed E-state index contributed by atoms with van der Waals surface area (Å²) < 4.78 is 2.20. The van der Waals surface area contributed by atoms with Crippen molar-refractivity contribution in [1.82, 2.24) is 24.3 Å². The maximum absolute atomic E-state index is 12.8. The molecule has 0 N–H and O–H groups in total. The predicted molar refractivity (Wildman–Crippen MR) is 100 cm³/mol. The molecule has 0 spiro atoms. The minimum Gasteiger partial charge on any atom is -0.337 e. The number of carbonyl (C=O) groups excluding carboxylic acids is 1. The Bertz CT molecular complexity index is 723. The number of aromatic nitrogens is 3. The van der Waals surface area contributed by atoms with E-state index in [-0.39, 0.29) is 5.91 Å². The van der Waals surface area contributed by atoms with Gasteiger partial charge in [-0.25, -0.2) is 9.97 Å². The molecule has 3 rings (SSSR count). The maximum Gasteiger partial charge on any atom is 0.265 e. The number of aryl methyl sites for hydroxylation is 4. The number of hydrogen-bond acceptors (Lipinski definition) is 5. The van der Waals surface area contributed by atoms with Gasteiger partial charge in [0.2, 0.25) is 0 Å². The van der Waals surface area contributed by atoms with Crippen LogP contribution >= 0.6 is 11.3 Å². The summed E-state index contributed by atoms with van der Waals surface area (Å²) in [6.45, 7) is 11.7. The Morgan fingerprint density at radius 1 is 1.16 bits per heavy atom. The van der Waals surface area contributed by atoms with Crippen molar-refractivity contribution in [2.24, 2.45) is 0 Å². The van der Waals surface area contributed by atoms with Gasteiger partial charge in [0.05, 0.1) is 10.7 Å². The Balaban J connectivity index is 1.49. The van der Waals surface area contributed by atoms with Crippen molar-refractivity contribution in [1.29, 1.82) is 0 Å². The van der Waals surface area contributed by atoms with Crippen LogP contribution in [0.15, 0.2) is 12.4 Å². The highest BCUT2D eigenvalue weighted by Gasteiger charge is 2.23. The van der Waals surface area contributed by atoms with Crippen LogP contribution in [-0.2, 0) is 6.54 Å². The molecule has 1 amide bonds. The fraction of sp³-hybridized carbons (Fsp3) is 0.611. The zero-order valence-electron chi connectivity index (χ0n) is 15.4. The molecule has 3 heterocycles. The monoisotopic (exact) mass is 361 g/mol. The first kappa shape index (κ1) is 18.1. The molecule has 6 nitrogen and oxygen atoms in total. The highest BCUT2D eigenvalue weighted by atomic mass is 32.1. The van der Waals surface area contributed by atoms with E-state index >= 15 is 0 Å². The van der Waals surface area contributed by atoms with Gasteiger partial charge in [0.25, 0.3) is 5.91 Å². The summed E-state index contributed by atoms with van der Waals surface area (Å²) in [6, 6.07) is 0. The average molecular weight is 362 g/mol. The standard InChI is InChI=1S/C18H27N5OS/c1-14-17(25-16(3)20-14)18(24)23-10-5-8-21(12-13-23)7-4-9-22-11-6-19-15(22)2/h6,11H,4-5,7-10,12-13H2,1-3H3. The van der Waals surface area contributed by atoms with Crippen LogP contribution in [0.3, 0.4) is 0 Å². The van der Waals surface area contributed by atoms with Crippen molar-refractivity contribution in [3.8, 4) is 0 Å². The molecular formula is C18H27N5OS. The SMILES string of the molecule is Cc1nc(C)c(C(=O)N2CCCN(CCCn3ccnc3C)CC2)s1. The van der Waals surface area contributed by atoms with E-state index in [1.54, 1.807) is 0 Å². The normalized spacial score (nSPS) is 16.2. The number of rotatable bonds is 5. The molecule has 1 aliphatic heterocycles. The van der Waals surface area contributed by atoms with E-state index in [1.165, 1.54) is 11.3 Å². The van der Waals surface area contributed by atoms with E-state index in [9.17, 15) is 4.79 Å².